The minimum atomic E-state index is -1.14. The van der Waals surface area contributed by atoms with E-state index in [2.05, 4.69) is 63.8 Å². The minimum absolute atomic E-state index is 0.233. The number of rotatable bonds is 3. The summed E-state index contributed by atoms with van der Waals surface area (Å²) in [4.78, 5) is 71.3. The molecule has 0 atom stereocenters. The number of esters is 1. The SMILES string of the molecule is COC(=O)C(=O)c1cn2c3c(cc(C)cc13)CN(C(=O)OC(C)(C)C)CC2.Cc1cc2c3c(ccn3CCN(C(=O)OC(C)(C)C)C2)c1.O=C(Cl)C(=O)Cl. The first-order valence-corrected chi connectivity index (χ1v) is 18.0. The second-order valence-electron chi connectivity index (χ2n) is 15.1. The van der Waals surface area contributed by atoms with Gasteiger partial charge in [-0.2, -0.15) is 0 Å². The van der Waals surface area contributed by atoms with Gasteiger partial charge in [0.15, 0.2) is 0 Å². The summed E-state index contributed by atoms with van der Waals surface area (Å²) in [6.07, 6.45) is 3.18. The van der Waals surface area contributed by atoms with Crippen molar-refractivity contribution in [1.29, 1.82) is 0 Å². The van der Waals surface area contributed by atoms with Crippen molar-refractivity contribution in [2.75, 3.05) is 20.2 Å². The molecular formula is C39H46Cl2N4O9. The monoisotopic (exact) mass is 784 g/mol. The van der Waals surface area contributed by atoms with Crippen molar-refractivity contribution in [1.82, 2.24) is 18.9 Å². The molecule has 0 bridgehead atoms. The zero-order valence-electron chi connectivity index (χ0n) is 32.0. The van der Waals surface area contributed by atoms with Crippen molar-refractivity contribution in [2.24, 2.45) is 0 Å². The number of carbonyl (C=O) groups is 6. The van der Waals surface area contributed by atoms with Crippen LogP contribution in [0.3, 0.4) is 0 Å². The fourth-order valence-electron chi connectivity index (χ4n) is 6.27. The molecule has 0 saturated carbocycles. The molecule has 0 N–H and O–H groups in total. The molecule has 290 valence electrons. The Bertz CT molecular complexity index is 2110. The van der Waals surface area contributed by atoms with Crippen LogP contribution in [0.5, 0.6) is 0 Å². The second kappa shape index (κ2) is 16.6. The lowest BCUT2D eigenvalue weighted by atomic mass is 10.0. The molecule has 0 radical (unpaired) electrons. The summed E-state index contributed by atoms with van der Waals surface area (Å²) in [6.45, 7) is 18.6. The fourth-order valence-corrected chi connectivity index (χ4v) is 6.27. The largest absolute Gasteiger partial charge is 0.463 e. The summed E-state index contributed by atoms with van der Waals surface area (Å²) in [5, 5.41) is -0.337. The molecule has 2 aromatic carbocycles. The average molecular weight is 786 g/mol. The molecule has 0 aliphatic carbocycles. The van der Waals surface area contributed by atoms with Crippen LogP contribution < -0.4 is 0 Å². The molecule has 2 aliphatic rings. The number of nitrogens with zero attached hydrogens (tertiary/aromatic N) is 4. The first-order valence-electron chi connectivity index (χ1n) is 17.3. The zero-order chi connectivity index (χ0) is 40.3. The molecule has 2 aliphatic heterocycles. The quantitative estimate of drug-likeness (QED) is 0.0688. The van der Waals surface area contributed by atoms with Gasteiger partial charge in [0, 0.05) is 49.3 Å². The number of hydrogen-bond donors (Lipinski definition) is 0. The molecule has 13 nitrogen and oxygen atoms in total. The van der Waals surface area contributed by atoms with E-state index in [1.807, 2.05) is 65.2 Å². The number of amides is 2. The average Bonchev–Trinajstić information content (AvgIpc) is 3.50. The van der Waals surface area contributed by atoms with Gasteiger partial charge >= 0.3 is 28.6 Å². The van der Waals surface area contributed by atoms with Gasteiger partial charge in [-0.05, 0) is 108 Å². The minimum Gasteiger partial charge on any atom is -0.463 e. The van der Waals surface area contributed by atoms with E-state index in [0.29, 0.717) is 43.7 Å². The lowest BCUT2D eigenvalue weighted by Gasteiger charge is -2.26. The van der Waals surface area contributed by atoms with Crippen molar-refractivity contribution in [3.05, 3.63) is 70.5 Å². The maximum absolute atomic E-state index is 12.5. The van der Waals surface area contributed by atoms with Crippen LogP contribution in [0.25, 0.3) is 21.8 Å². The highest BCUT2D eigenvalue weighted by Crippen LogP contribution is 2.31. The van der Waals surface area contributed by atoms with Gasteiger partial charge < -0.3 is 33.1 Å². The van der Waals surface area contributed by atoms with Gasteiger partial charge in [0.25, 0.3) is 5.78 Å². The van der Waals surface area contributed by atoms with E-state index in [4.69, 9.17) is 9.47 Å². The predicted molar refractivity (Wildman–Crippen MR) is 205 cm³/mol. The van der Waals surface area contributed by atoms with Gasteiger partial charge in [-0.3, -0.25) is 14.4 Å². The number of aryl methyl sites for hydroxylation is 2. The lowest BCUT2D eigenvalue weighted by molar-refractivity contribution is -0.135. The van der Waals surface area contributed by atoms with Crippen molar-refractivity contribution in [3.8, 4) is 0 Å². The number of ether oxygens (including phenoxy) is 3. The van der Waals surface area contributed by atoms with Crippen LogP contribution in [0.4, 0.5) is 9.59 Å². The van der Waals surface area contributed by atoms with Crippen LogP contribution in [-0.2, 0) is 54.8 Å². The van der Waals surface area contributed by atoms with Crippen molar-refractivity contribution < 1.29 is 43.0 Å². The van der Waals surface area contributed by atoms with E-state index < -0.39 is 33.4 Å². The van der Waals surface area contributed by atoms with E-state index >= 15 is 0 Å². The first kappa shape index (κ1) is 41.9. The number of Topliss-reactive ketones (excluding diaryl/α,β-unsaturated/α-hetero) is 1. The maximum atomic E-state index is 12.5. The third-order valence-corrected chi connectivity index (χ3v) is 8.74. The Morgan fingerprint density at radius 1 is 0.667 bits per heavy atom. The summed E-state index contributed by atoms with van der Waals surface area (Å²) in [6, 6.07) is 10.4. The molecule has 4 heterocycles. The molecule has 2 amide bonds. The standard InChI is InChI=1S/C20H24N2O5.C17H22N2O2.C2Cl2O2/c1-12-8-13-10-22(19(25)27-20(2,3)4)7-6-21-11-15(14(9-12)16(13)21)17(23)18(24)26-5;1-12-9-13-5-6-18-7-8-19(11-14(10-12)15(13)18)16(20)21-17(2,3)4;3-1(5)2(4)6/h8-9,11H,6-7,10H2,1-5H3;5-6,9-10H,7-8,11H2,1-4H3;. The number of carbonyl (C=O) groups excluding carboxylic acids is 6. The van der Waals surface area contributed by atoms with Crippen molar-refractivity contribution in [2.45, 2.75) is 92.8 Å². The molecular weight excluding hydrogens is 739 g/mol. The fraction of sp³-hybridized carbons (Fsp3) is 0.436. The van der Waals surface area contributed by atoms with Gasteiger partial charge in [0.1, 0.15) is 11.2 Å². The maximum Gasteiger partial charge on any atom is 0.410 e. The normalized spacial score (nSPS) is 13.8. The number of hydrogen-bond acceptors (Lipinski definition) is 9. The first-order chi connectivity index (χ1) is 25.1. The molecule has 54 heavy (non-hydrogen) atoms. The Hall–Kier alpha value is -4.88. The summed E-state index contributed by atoms with van der Waals surface area (Å²) < 4.78 is 19.8. The van der Waals surface area contributed by atoms with E-state index in [1.54, 1.807) is 16.0 Å². The van der Waals surface area contributed by atoms with Gasteiger partial charge in [-0.1, -0.05) is 23.3 Å². The molecule has 4 aromatic rings. The Labute approximate surface area is 324 Å². The molecule has 0 spiro atoms. The molecule has 15 heteroatoms. The third-order valence-electron chi connectivity index (χ3n) is 8.30. The Morgan fingerprint density at radius 2 is 1.15 bits per heavy atom. The van der Waals surface area contributed by atoms with Gasteiger partial charge in [-0.25, -0.2) is 14.4 Å². The summed E-state index contributed by atoms with van der Waals surface area (Å²) in [5.74, 6) is -1.55. The van der Waals surface area contributed by atoms with Crippen LogP contribution in [0.2, 0.25) is 0 Å². The van der Waals surface area contributed by atoms with E-state index in [-0.39, 0.29) is 12.2 Å². The molecule has 6 rings (SSSR count). The van der Waals surface area contributed by atoms with Crippen molar-refractivity contribution >= 4 is 79.4 Å². The second-order valence-corrected chi connectivity index (χ2v) is 15.8. The molecule has 0 unspecified atom stereocenters. The zero-order valence-corrected chi connectivity index (χ0v) is 33.5. The predicted octanol–water partition coefficient (Wildman–Crippen LogP) is 7.27. The highest BCUT2D eigenvalue weighted by Gasteiger charge is 2.29. The number of methoxy groups -OCH3 is 1. The smallest absolute Gasteiger partial charge is 0.410 e. The summed E-state index contributed by atoms with van der Waals surface area (Å²) in [7, 11) is 1.19. The summed E-state index contributed by atoms with van der Waals surface area (Å²) >= 11 is 8.98. The topological polar surface area (TPSA) is 146 Å². The number of benzene rings is 2. The Balaban J connectivity index is 0.000000214. The van der Waals surface area contributed by atoms with E-state index in [1.165, 1.54) is 29.1 Å². The molecule has 2 aromatic heterocycles. The van der Waals surface area contributed by atoms with Crippen LogP contribution in [-0.4, -0.2) is 84.8 Å². The summed E-state index contributed by atoms with van der Waals surface area (Å²) in [5.41, 5.74) is 5.68. The third kappa shape index (κ3) is 10.4. The van der Waals surface area contributed by atoms with Crippen LogP contribution in [0.15, 0.2) is 42.7 Å². The molecule has 0 fully saturated rings. The van der Waals surface area contributed by atoms with Crippen molar-refractivity contribution in [3.63, 3.8) is 0 Å². The Morgan fingerprint density at radius 3 is 1.63 bits per heavy atom. The van der Waals surface area contributed by atoms with Gasteiger partial charge in [0.05, 0.1) is 36.8 Å². The van der Waals surface area contributed by atoms with Crippen LogP contribution in [0.1, 0.15) is 74.2 Å². The van der Waals surface area contributed by atoms with Gasteiger partial charge in [-0.15, -0.1) is 0 Å². The lowest BCUT2D eigenvalue weighted by Crippen LogP contribution is -2.37. The van der Waals surface area contributed by atoms with Crippen LogP contribution >= 0.6 is 23.2 Å². The Kier molecular flexibility index (Phi) is 12.9. The highest BCUT2D eigenvalue weighted by atomic mass is 35.5. The number of ketones is 1. The number of aromatic nitrogens is 2. The van der Waals surface area contributed by atoms with Gasteiger partial charge in [0.2, 0.25) is 0 Å². The van der Waals surface area contributed by atoms with Crippen LogP contribution in [0, 0.1) is 13.8 Å². The molecule has 0 saturated heterocycles. The number of halogens is 2. The van der Waals surface area contributed by atoms with E-state index in [0.717, 1.165) is 23.2 Å². The highest BCUT2D eigenvalue weighted by molar-refractivity contribution is 6.97. The van der Waals surface area contributed by atoms with E-state index in [9.17, 15) is 28.8 Å².